The van der Waals surface area contributed by atoms with Gasteiger partial charge in [0.05, 0.1) is 6.42 Å². The number of benzene rings is 1. The first-order valence-corrected chi connectivity index (χ1v) is 6.15. The van der Waals surface area contributed by atoms with Gasteiger partial charge in [-0.25, -0.2) is 0 Å². The third kappa shape index (κ3) is 2.29. The second-order valence-electron chi connectivity index (χ2n) is 4.52. The lowest BCUT2D eigenvalue weighted by Gasteiger charge is -2.02. The maximum Gasteiger partial charge on any atom is 0.224 e. The van der Waals surface area contributed by atoms with Gasteiger partial charge in [0.15, 0.2) is 0 Å². The van der Waals surface area contributed by atoms with Crippen molar-refractivity contribution in [1.82, 2.24) is 10.3 Å². The fourth-order valence-corrected chi connectivity index (χ4v) is 2.15. The van der Waals surface area contributed by atoms with Gasteiger partial charge in [0.1, 0.15) is 0 Å². The van der Waals surface area contributed by atoms with Crippen LogP contribution in [0.15, 0.2) is 24.4 Å². The first-order valence-electron chi connectivity index (χ1n) is 5.77. The smallest absolute Gasteiger partial charge is 0.224 e. The molecule has 1 aliphatic rings. The predicted molar refractivity (Wildman–Crippen MR) is 68.2 cm³/mol. The third-order valence-electron chi connectivity index (χ3n) is 3.02. The van der Waals surface area contributed by atoms with Crippen LogP contribution in [0.2, 0.25) is 5.02 Å². The number of nitrogens with one attached hydrogen (secondary N) is 2. The van der Waals surface area contributed by atoms with Crippen LogP contribution < -0.4 is 5.32 Å². The van der Waals surface area contributed by atoms with Crippen LogP contribution in [0.3, 0.4) is 0 Å². The second kappa shape index (κ2) is 4.08. The van der Waals surface area contributed by atoms with Gasteiger partial charge < -0.3 is 10.3 Å². The number of carbonyl (C=O) groups is 1. The average molecular weight is 249 g/mol. The summed E-state index contributed by atoms with van der Waals surface area (Å²) in [4.78, 5) is 14.9. The zero-order chi connectivity index (χ0) is 11.8. The SMILES string of the molecule is O=C(Cc1c[nH]c2ccc(Cl)cc12)NC1CC1. The molecule has 0 radical (unpaired) electrons. The molecule has 88 valence electrons. The maximum absolute atomic E-state index is 11.7. The summed E-state index contributed by atoms with van der Waals surface area (Å²) in [6.07, 6.45) is 4.53. The van der Waals surface area contributed by atoms with Gasteiger partial charge in [-0.15, -0.1) is 0 Å². The molecule has 0 aliphatic heterocycles. The molecule has 3 nitrogen and oxygen atoms in total. The number of aromatic amines is 1. The number of fused-ring (bicyclic) bond motifs is 1. The van der Waals surface area contributed by atoms with Gasteiger partial charge in [-0.3, -0.25) is 4.79 Å². The van der Waals surface area contributed by atoms with E-state index in [1.54, 1.807) is 0 Å². The van der Waals surface area contributed by atoms with E-state index in [2.05, 4.69) is 10.3 Å². The summed E-state index contributed by atoms with van der Waals surface area (Å²) in [6.45, 7) is 0. The number of carbonyl (C=O) groups excluding carboxylic acids is 1. The summed E-state index contributed by atoms with van der Waals surface area (Å²) in [5.74, 6) is 0.0911. The van der Waals surface area contributed by atoms with Crippen LogP contribution in [0.1, 0.15) is 18.4 Å². The fourth-order valence-electron chi connectivity index (χ4n) is 1.98. The molecule has 0 atom stereocenters. The van der Waals surface area contributed by atoms with Gasteiger partial charge >= 0.3 is 0 Å². The van der Waals surface area contributed by atoms with Gasteiger partial charge in [-0.1, -0.05) is 11.6 Å². The van der Waals surface area contributed by atoms with Crippen molar-refractivity contribution >= 4 is 28.4 Å². The fraction of sp³-hybridized carbons (Fsp3) is 0.308. The van der Waals surface area contributed by atoms with Crippen molar-refractivity contribution in [3.8, 4) is 0 Å². The highest BCUT2D eigenvalue weighted by atomic mass is 35.5. The summed E-state index contributed by atoms with van der Waals surface area (Å²) >= 11 is 5.96. The van der Waals surface area contributed by atoms with Crippen LogP contribution >= 0.6 is 11.6 Å². The van der Waals surface area contributed by atoms with E-state index in [9.17, 15) is 4.79 Å². The zero-order valence-corrected chi connectivity index (χ0v) is 10.1. The monoisotopic (exact) mass is 248 g/mol. The van der Waals surface area contributed by atoms with Crippen LogP contribution in [0.5, 0.6) is 0 Å². The summed E-state index contributed by atoms with van der Waals surface area (Å²) in [5, 5.41) is 4.71. The van der Waals surface area contributed by atoms with E-state index < -0.39 is 0 Å². The summed E-state index contributed by atoms with van der Waals surface area (Å²) in [7, 11) is 0. The van der Waals surface area contributed by atoms with Gasteiger partial charge in [0.2, 0.25) is 5.91 Å². The van der Waals surface area contributed by atoms with Crippen molar-refractivity contribution in [2.24, 2.45) is 0 Å². The molecular formula is C13H13ClN2O. The molecule has 1 fully saturated rings. The Labute approximate surface area is 104 Å². The quantitative estimate of drug-likeness (QED) is 0.862. The molecule has 0 saturated heterocycles. The second-order valence-corrected chi connectivity index (χ2v) is 4.96. The Bertz CT molecular complexity index is 572. The van der Waals surface area contributed by atoms with Crippen molar-refractivity contribution in [3.63, 3.8) is 0 Å². The molecule has 1 heterocycles. The largest absolute Gasteiger partial charge is 0.361 e. The van der Waals surface area contributed by atoms with Crippen LogP contribution in [0, 0.1) is 0 Å². The van der Waals surface area contributed by atoms with E-state index in [4.69, 9.17) is 11.6 Å². The number of amides is 1. The van der Waals surface area contributed by atoms with Gasteiger partial charge in [0.25, 0.3) is 0 Å². The summed E-state index contributed by atoms with van der Waals surface area (Å²) in [5.41, 5.74) is 2.02. The van der Waals surface area contributed by atoms with Crippen molar-refractivity contribution in [2.45, 2.75) is 25.3 Å². The van der Waals surface area contributed by atoms with Gasteiger partial charge in [-0.2, -0.15) is 0 Å². The average Bonchev–Trinajstić information content (AvgIpc) is 3.01. The van der Waals surface area contributed by atoms with Gasteiger partial charge in [-0.05, 0) is 36.6 Å². The van der Waals surface area contributed by atoms with Crippen molar-refractivity contribution in [2.75, 3.05) is 0 Å². The molecular weight excluding hydrogens is 236 g/mol. The minimum absolute atomic E-state index is 0.0911. The first kappa shape index (κ1) is 10.7. The molecule has 0 unspecified atom stereocenters. The molecule has 1 amide bonds. The Morgan fingerprint density at radius 2 is 2.29 bits per heavy atom. The Morgan fingerprint density at radius 3 is 3.06 bits per heavy atom. The highest BCUT2D eigenvalue weighted by molar-refractivity contribution is 6.31. The third-order valence-corrected chi connectivity index (χ3v) is 3.26. The van der Waals surface area contributed by atoms with E-state index in [1.807, 2.05) is 24.4 Å². The topological polar surface area (TPSA) is 44.9 Å². The Hall–Kier alpha value is -1.48. The maximum atomic E-state index is 11.7. The lowest BCUT2D eigenvalue weighted by molar-refractivity contribution is -0.120. The molecule has 17 heavy (non-hydrogen) atoms. The van der Waals surface area contributed by atoms with E-state index in [-0.39, 0.29) is 5.91 Å². The predicted octanol–water partition coefficient (Wildman–Crippen LogP) is 2.64. The number of aromatic nitrogens is 1. The molecule has 0 spiro atoms. The van der Waals surface area contributed by atoms with Crippen molar-refractivity contribution in [3.05, 3.63) is 35.0 Å². The van der Waals surface area contributed by atoms with Crippen LogP contribution in [0.4, 0.5) is 0 Å². The standard InChI is InChI=1S/C13H13ClN2O/c14-9-1-4-12-11(6-9)8(7-15-12)5-13(17)16-10-2-3-10/h1,4,6-7,10,15H,2-3,5H2,(H,16,17). The lowest BCUT2D eigenvalue weighted by atomic mass is 10.1. The summed E-state index contributed by atoms with van der Waals surface area (Å²) in [6, 6.07) is 6.08. The molecule has 1 aromatic carbocycles. The molecule has 1 aliphatic carbocycles. The van der Waals surface area contributed by atoms with Gasteiger partial charge in [0, 0.05) is 28.2 Å². The lowest BCUT2D eigenvalue weighted by Crippen LogP contribution is -2.26. The molecule has 2 N–H and O–H groups in total. The molecule has 1 saturated carbocycles. The Morgan fingerprint density at radius 1 is 1.47 bits per heavy atom. The van der Waals surface area contributed by atoms with Crippen molar-refractivity contribution < 1.29 is 4.79 Å². The highest BCUT2D eigenvalue weighted by Gasteiger charge is 2.23. The molecule has 2 aromatic rings. The van der Waals surface area contributed by atoms with Crippen molar-refractivity contribution in [1.29, 1.82) is 0 Å². The molecule has 4 heteroatoms. The van der Waals surface area contributed by atoms with E-state index in [0.29, 0.717) is 17.5 Å². The number of halogens is 1. The van der Waals surface area contributed by atoms with E-state index >= 15 is 0 Å². The summed E-state index contributed by atoms with van der Waals surface area (Å²) < 4.78 is 0. The Kier molecular flexibility index (Phi) is 2.56. The number of hydrogen-bond donors (Lipinski definition) is 2. The highest BCUT2D eigenvalue weighted by Crippen LogP contribution is 2.23. The van der Waals surface area contributed by atoms with E-state index in [0.717, 1.165) is 29.3 Å². The molecule has 0 bridgehead atoms. The Balaban J connectivity index is 1.83. The number of rotatable bonds is 3. The van der Waals surface area contributed by atoms with E-state index in [1.165, 1.54) is 0 Å². The molecule has 1 aromatic heterocycles. The van der Waals surface area contributed by atoms with Crippen LogP contribution in [-0.4, -0.2) is 16.9 Å². The minimum Gasteiger partial charge on any atom is -0.361 e. The minimum atomic E-state index is 0.0911. The first-order chi connectivity index (χ1) is 8.22. The number of hydrogen-bond acceptors (Lipinski definition) is 1. The van der Waals surface area contributed by atoms with Crippen LogP contribution in [0.25, 0.3) is 10.9 Å². The molecule has 3 rings (SSSR count). The number of H-pyrrole nitrogens is 1. The van der Waals surface area contributed by atoms with Crippen LogP contribution in [-0.2, 0) is 11.2 Å². The zero-order valence-electron chi connectivity index (χ0n) is 9.29. The normalized spacial score (nSPS) is 15.1.